The highest BCUT2D eigenvalue weighted by atomic mass is 16.5. The van der Waals surface area contributed by atoms with Gasteiger partial charge in [-0.3, -0.25) is 0 Å². The number of likely N-dealkylation sites (tertiary alicyclic amines) is 1. The molecule has 1 fully saturated rings. The van der Waals surface area contributed by atoms with E-state index in [-0.39, 0.29) is 0 Å². The molecule has 0 bridgehead atoms. The van der Waals surface area contributed by atoms with Crippen molar-refractivity contribution in [2.75, 3.05) is 27.2 Å². The van der Waals surface area contributed by atoms with Gasteiger partial charge in [-0.25, -0.2) is 0 Å². The molecule has 0 unspecified atom stereocenters. The quantitative estimate of drug-likeness (QED) is 0.554. The summed E-state index contributed by atoms with van der Waals surface area (Å²) in [4.78, 5) is 2.45. The molecule has 3 aromatic rings. The molecular weight excluding hydrogens is 296 g/mol. The molecule has 122 valence electrons. The number of ether oxygens (including phenoxy) is 1. The Bertz CT molecular complexity index is 940. The number of fused-ring (bicyclic) bond motifs is 5. The van der Waals surface area contributed by atoms with E-state index in [0.29, 0.717) is 5.92 Å². The second-order valence-corrected chi connectivity index (χ2v) is 7.14. The van der Waals surface area contributed by atoms with Crippen LogP contribution in [-0.4, -0.2) is 36.7 Å². The minimum Gasteiger partial charge on any atom is -0.497 e. The summed E-state index contributed by atoms with van der Waals surface area (Å²) in [6.45, 7) is 3.31. The molecule has 1 aromatic heterocycles. The normalized spacial score (nSPS) is 19.7. The van der Waals surface area contributed by atoms with Crippen LogP contribution in [-0.2, 0) is 6.54 Å². The Balaban J connectivity index is 1.82. The zero-order valence-corrected chi connectivity index (χ0v) is 14.2. The lowest BCUT2D eigenvalue weighted by molar-refractivity contribution is 0.411. The van der Waals surface area contributed by atoms with Crippen molar-refractivity contribution < 1.29 is 4.74 Å². The number of rotatable bonds is 2. The van der Waals surface area contributed by atoms with Gasteiger partial charge in [0.2, 0.25) is 0 Å². The molecule has 2 aromatic carbocycles. The molecule has 24 heavy (non-hydrogen) atoms. The highest BCUT2D eigenvalue weighted by molar-refractivity contribution is 5.95. The first-order valence-electron chi connectivity index (χ1n) is 8.73. The molecular formula is C21H22N2O. The summed E-state index contributed by atoms with van der Waals surface area (Å²) in [5, 5.41) is 1.37. The lowest BCUT2D eigenvalue weighted by atomic mass is 9.92. The molecule has 1 saturated heterocycles. The van der Waals surface area contributed by atoms with Crippen LogP contribution in [0.4, 0.5) is 0 Å². The van der Waals surface area contributed by atoms with Gasteiger partial charge >= 0.3 is 0 Å². The van der Waals surface area contributed by atoms with E-state index in [1.165, 1.54) is 46.3 Å². The zero-order valence-electron chi connectivity index (χ0n) is 14.2. The van der Waals surface area contributed by atoms with Crippen LogP contribution in [0.5, 0.6) is 5.75 Å². The van der Waals surface area contributed by atoms with E-state index in [4.69, 9.17) is 4.74 Å². The van der Waals surface area contributed by atoms with Gasteiger partial charge < -0.3 is 14.2 Å². The number of benzene rings is 2. The number of likely N-dealkylation sites (N-methyl/N-ethyl adjacent to an activating group) is 1. The van der Waals surface area contributed by atoms with Crippen LogP contribution < -0.4 is 4.74 Å². The van der Waals surface area contributed by atoms with Crippen molar-refractivity contribution in [1.29, 1.82) is 0 Å². The fourth-order valence-corrected chi connectivity index (χ4v) is 4.58. The second kappa shape index (κ2) is 5.12. The van der Waals surface area contributed by atoms with Crippen LogP contribution in [0.2, 0.25) is 0 Å². The fourth-order valence-electron chi connectivity index (χ4n) is 4.58. The summed E-state index contributed by atoms with van der Waals surface area (Å²) in [7, 11) is 3.98. The molecule has 0 saturated carbocycles. The lowest BCUT2D eigenvalue weighted by Crippen LogP contribution is -2.13. The smallest absolute Gasteiger partial charge is 0.119 e. The van der Waals surface area contributed by atoms with Gasteiger partial charge in [0.1, 0.15) is 5.75 Å². The first kappa shape index (κ1) is 14.1. The van der Waals surface area contributed by atoms with E-state index in [2.05, 4.69) is 59.0 Å². The van der Waals surface area contributed by atoms with Crippen molar-refractivity contribution in [2.24, 2.45) is 0 Å². The number of aromatic nitrogens is 1. The molecule has 0 spiro atoms. The first-order chi connectivity index (χ1) is 11.8. The summed E-state index contributed by atoms with van der Waals surface area (Å²) in [5.74, 6) is 1.56. The fraction of sp³-hybridized carbons (Fsp3) is 0.333. The predicted octanol–water partition coefficient (Wildman–Crippen LogP) is 4.10. The average Bonchev–Trinajstić information content (AvgIpc) is 3.27. The van der Waals surface area contributed by atoms with Gasteiger partial charge in [-0.2, -0.15) is 0 Å². The maximum absolute atomic E-state index is 5.51. The van der Waals surface area contributed by atoms with Crippen molar-refractivity contribution in [3.8, 4) is 17.0 Å². The molecule has 2 aliphatic heterocycles. The zero-order chi connectivity index (χ0) is 16.3. The van der Waals surface area contributed by atoms with Crippen molar-refractivity contribution >= 4 is 10.9 Å². The molecule has 3 heterocycles. The van der Waals surface area contributed by atoms with Gasteiger partial charge in [0, 0.05) is 35.5 Å². The highest BCUT2D eigenvalue weighted by Crippen LogP contribution is 2.46. The third-order valence-electron chi connectivity index (χ3n) is 5.71. The number of methoxy groups -OCH3 is 1. The van der Waals surface area contributed by atoms with Crippen molar-refractivity contribution in [3.63, 3.8) is 0 Å². The van der Waals surface area contributed by atoms with Crippen LogP contribution in [0, 0.1) is 0 Å². The van der Waals surface area contributed by atoms with E-state index in [1.54, 1.807) is 7.11 Å². The van der Waals surface area contributed by atoms with Gasteiger partial charge in [0.25, 0.3) is 0 Å². The Morgan fingerprint density at radius 3 is 2.79 bits per heavy atom. The topological polar surface area (TPSA) is 17.4 Å². The SMILES string of the molecule is COc1ccc2c(c1)c([C@@H]1CCN(C)C1)c1n2Cc2ccccc2-1. The van der Waals surface area contributed by atoms with Crippen molar-refractivity contribution in [2.45, 2.75) is 18.9 Å². The number of hydrogen-bond donors (Lipinski definition) is 0. The summed E-state index contributed by atoms with van der Waals surface area (Å²) in [6.07, 6.45) is 1.24. The Labute approximate surface area is 142 Å². The summed E-state index contributed by atoms with van der Waals surface area (Å²) >= 11 is 0. The molecule has 0 radical (unpaired) electrons. The average molecular weight is 318 g/mol. The van der Waals surface area contributed by atoms with E-state index in [9.17, 15) is 0 Å². The maximum atomic E-state index is 5.51. The van der Waals surface area contributed by atoms with Crippen LogP contribution >= 0.6 is 0 Å². The summed E-state index contributed by atoms with van der Waals surface area (Å²) in [6, 6.07) is 15.4. The molecule has 0 amide bonds. The summed E-state index contributed by atoms with van der Waals surface area (Å²) < 4.78 is 8.02. The Morgan fingerprint density at radius 2 is 2.00 bits per heavy atom. The third-order valence-corrected chi connectivity index (χ3v) is 5.71. The first-order valence-corrected chi connectivity index (χ1v) is 8.73. The van der Waals surface area contributed by atoms with Gasteiger partial charge in [0.05, 0.1) is 12.8 Å². The molecule has 3 heteroatoms. The second-order valence-electron chi connectivity index (χ2n) is 7.14. The van der Waals surface area contributed by atoms with Gasteiger partial charge in [0.15, 0.2) is 0 Å². The van der Waals surface area contributed by atoms with Gasteiger partial charge in [-0.1, -0.05) is 24.3 Å². The van der Waals surface area contributed by atoms with E-state index in [0.717, 1.165) is 18.8 Å². The number of hydrogen-bond acceptors (Lipinski definition) is 2. The van der Waals surface area contributed by atoms with Gasteiger partial charge in [-0.15, -0.1) is 0 Å². The van der Waals surface area contributed by atoms with Crippen LogP contribution in [0.15, 0.2) is 42.5 Å². The van der Waals surface area contributed by atoms with Crippen molar-refractivity contribution in [3.05, 3.63) is 53.6 Å². The molecule has 0 N–H and O–H groups in total. The standard InChI is InChI=1S/C21H22N2O/c1-22-10-9-15(12-22)20-18-11-16(24-2)7-8-19(18)23-13-14-5-3-4-6-17(14)21(20)23/h3-8,11,15H,9-10,12-13H2,1-2H3/t15-/m1/s1. The molecule has 1 atom stereocenters. The molecule has 0 aliphatic carbocycles. The van der Waals surface area contributed by atoms with E-state index in [1.807, 2.05) is 0 Å². The predicted molar refractivity (Wildman–Crippen MR) is 97.9 cm³/mol. The lowest BCUT2D eigenvalue weighted by Gasteiger charge is -2.13. The minimum absolute atomic E-state index is 0.604. The molecule has 3 nitrogen and oxygen atoms in total. The maximum Gasteiger partial charge on any atom is 0.119 e. The largest absolute Gasteiger partial charge is 0.497 e. The van der Waals surface area contributed by atoms with Crippen molar-refractivity contribution in [1.82, 2.24) is 9.47 Å². The molecule has 5 rings (SSSR count). The minimum atomic E-state index is 0.604. The van der Waals surface area contributed by atoms with Gasteiger partial charge in [-0.05, 0) is 49.3 Å². The monoisotopic (exact) mass is 318 g/mol. The third kappa shape index (κ3) is 1.88. The Hall–Kier alpha value is -2.26. The Kier molecular flexibility index (Phi) is 3.01. The number of nitrogens with zero attached hydrogens (tertiary/aromatic N) is 2. The van der Waals surface area contributed by atoms with E-state index >= 15 is 0 Å². The highest BCUT2D eigenvalue weighted by Gasteiger charge is 2.32. The molecule has 2 aliphatic rings. The van der Waals surface area contributed by atoms with Crippen LogP contribution in [0.3, 0.4) is 0 Å². The van der Waals surface area contributed by atoms with Crippen LogP contribution in [0.1, 0.15) is 23.5 Å². The van der Waals surface area contributed by atoms with E-state index < -0.39 is 0 Å². The Morgan fingerprint density at radius 1 is 1.12 bits per heavy atom. The summed E-state index contributed by atoms with van der Waals surface area (Å²) in [5.41, 5.74) is 7.16. The van der Waals surface area contributed by atoms with Crippen LogP contribution in [0.25, 0.3) is 22.2 Å².